The first-order valence-electron chi connectivity index (χ1n) is 6.82. The van der Waals surface area contributed by atoms with Gasteiger partial charge < -0.3 is 15.2 Å². The van der Waals surface area contributed by atoms with E-state index < -0.39 is 0 Å². The van der Waals surface area contributed by atoms with E-state index in [0.29, 0.717) is 19.8 Å². The number of benzene rings is 1. The van der Waals surface area contributed by atoms with E-state index in [1.165, 1.54) is 6.07 Å². The van der Waals surface area contributed by atoms with Gasteiger partial charge in [0, 0.05) is 39.9 Å². The molecule has 0 spiro atoms. The topological polar surface area (TPSA) is 47.7 Å². The number of hydrogen-bond acceptors (Lipinski definition) is 4. The Morgan fingerprint density at radius 1 is 1.20 bits per heavy atom. The summed E-state index contributed by atoms with van der Waals surface area (Å²) in [5, 5.41) is 0. The van der Waals surface area contributed by atoms with Crippen LogP contribution in [0.2, 0.25) is 0 Å². The molecule has 1 aromatic rings. The Morgan fingerprint density at radius 2 is 1.80 bits per heavy atom. The normalized spacial score (nSPS) is 12.9. The molecule has 0 saturated carbocycles. The molecular weight excluding hydrogens is 259 g/mol. The number of halogens is 1. The van der Waals surface area contributed by atoms with Gasteiger partial charge in [0.1, 0.15) is 5.82 Å². The Bertz CT molecular complexity index is 393. The third-order valence-electron chi connectivity index (χ3n) is 3.43. The van der Waals surface area contributed by atoms with Gasteiger partial charge in [-0.15, -0.1) is 0 Å². The predicted octanol–water partition coefficient (Wildman–Crippen LogP) is 1.73. The van der Waals surface area contributed by atoms with Crippen molar-refractivity contribution in [1.29, 1.82) is 0 Å². The van der Waals surface area contributed by atoms with E-state index in [2.05, 4.69) is 4.90 Å². The number of hydrogen-bond donors (Lipinski definition) is 1. The first kappa shape index (κ1) is 17.0. The van der Waals surface area contributed by atoms with Crippen LogP contribution >= 0.6 is 0 Å². The summed E-state index contributed by atoms with van der Waals surface area (Å²) in [4.78, 5) is 2.18. The maximum atomic E-state index is 13.5. The summed E-state index contributed by atoms with van der Waals surface area (Å²) in [6.45, 7) is 5.08. The van der Waals surface area contributed by atoms with E-state index in [9.17, 15) is 4.39 Å². The average molecular weight is 284 g/mol. The molecule has 0 bridgehead atoms. The van der Waals surface area contributed by atoms with Crippen LogP contribution in [0.15, 0.2) is 18.2 Å². The quantitative estimate of drug-likeness (QED) is 0.750. The van der Waals surface area contributed by atoms with E-state index in [1.54, 1.807) is 26.4 Å². The van der Waals surface area contributed by atoms with Crippen molar-refractivity contribution in [3.05, 3.63) is 35.1 Å². The molecule has 1 aromatic carbocycles. The largest absolute Gasteiger partial charge is 0.383 e. The zero-order chi connectivity index (χ0) is 15.0. The van der Waals surface area contributed by atoms with Crippen molar-refractivity contribution in [3.63, 3.8) is 0 Å². The maximum Gasteiger partial charge on any atom is 0.123 e. The van der Waals surface area contributed by atoms with Gasteiger partial charge in [0.2, 0.25) is 0 Å². The minimum absolute atomic E-state index is 0.0315. The second-order valence-electron chi connectivity index (χ2n) is 4.77. The molecule has 0 aliphatic heterocycles. The van der Waals surface area contributed by atoms with Crippen molar-refractivity contribution in [3.8, 4) is 0 Å². The molecule has 0 saturated heterocycles. The molecular formula is C15H25FN2O2. The lowest BCUT2D eigenvalue weighted by Crippen LogP contribution is -2.38. The summed E-state index contributed by atoms with van der Waals surface area (Å²) in [6.07, 6.45) is 0. The number of nitrogens with zero attached hydrogens (tertiary/aromatic N) is 1. The molecule has 0 aliphatic rings. The highest BCUT2D eigenvalue weighted by Gasteiger charge is 2.20. The van der Waals surface area contributed by atoms with Gasteiger partial charge in [-0.25, -0.2) is 4.39 Å². The number of nitrogens with two attached hydrogens (primary N) is 1. The monoisotopic (exact) mass is 284 g/mol. The zero-order valence-corrected chi connectivity index (χ0v) is 12.6. The van der Waals surface area contributed by atoms with Crippen LogP contribution < -0.4 is 5.73 Å². The van der Waals surface area contributed by atoms with Crippen molar-refractivity contribution in [2.75, 3.05) is 47.1 Å². The average Bonchev–Trinajstić information content (AvgIpc) is 2.45. The summed E-state index contributed by atoms with van der Waals surface area (Å²) in [5.74, 6) is -0.234. The van der Waals surface area contributed by atoms with Crippen LogP contribution in [0.1, 0.15) is 17.2 Å². The Labute approximate surface area is 120 Å². The van der Waals surface area contributed by atoms with Gasteiger partial charge in [-0.2, -0.15) is 0 Å². The van der Waals surface area contributed by atoms with E-state index in [0.717, 1.165) is 24.2 Å². The molecule has 1 atom stereocenters. The van der Waals surface area contributed by atoms with E-state index in [4.69, 9.17) is 15.2 Å². The highest BCUT2D eigenvalue weighted by Crippen LogP contribution is 2.23. The van der Waals surface area contributed by atoms with Crippen LogP contribution in [0.5, 0.6) is 0 Å². The third-order valence-corrected chi connectivity index (χ3v) is 3.43. The summed E-state index contributed by atoms with van der Waals surface area (Å²) in [7, 11) is 3.33. The standard InChI is InChI=1S/C15H25FN2O2/c1-12-4-5-13(16)10-14(12)15(11-17)18(6-8-19-2)7-9-20-3/h4-5,10,15H,6-9,11,17H2,1-3H3. The zero-order valence-electron chi connectivity index (χ0n) is 12.6. The van der Waals surface area contributed by atoms with Crippen molar-refractivity contribution < 1.29 is 13.9 Å². The lowest BCUT2D eigenvalue weighted by atomic mass is 9.99. The first-order valence-corrected chi connectivity index (χ1v) is 6.82. The van der Waals surface area contributed by atoms with Gasteiger partial charge in [0.25, 0.3) is 0 Å². The van der Waals surface area contributed by atoms with Gasteiger partial charge in [-0.05, 0) is 30.2 Å². The van der Waals surface area contributed by atoms with Gasteiger partial charge in [-0.1, -0.05) is 6.07 Å². The number of methoxy groups -OCH3 is 2. The van der Waals surface area contributed by atoms with E-state index in [-0.39, 0.29) is 11.9 Å². The Hall–Kier alpha value is -1.01. The second-order valence-corrected chi connectivity index (χ2v) is 4.77. The highest BCUT2D eigenvalue weighted by atomic mass is 19.1. The molecule has 0 heterocycles. The van der Waals surface area contributed by atoms with Crippen LogP contribution in [-0.4, -0.2) is 52.0 Å². The van der Waals surface area contributed by atoms with Crippen molar-refractivity contribution in [2.45, 2.75) is 13.0 Å². The molecule has 20 heavy (non-hydrogen) atoms. The van der Waals surface area contributed by atoms with Crippen molar-refractivity contribution in [1.82, 2.24) is 4.90 Å². The minimum atomic E-state index is -0.234. The molecule has 1 rings (SSSR count). The number of rotatable bonds is 9. The molecule has 0 amide bonds. The Morgan fingerprint density at radius 3 is 2.30 bits per heavy atom. The highest BCUT2D eigenvalue weighted by molar-refractivity contribution is 5.30. The summed E-state index contributed by atoms with van der Waals surface area (Å²) >= 11 is 0. The molecule has 2 N–H and O–H groups in total. The fourth-order valence-electron chi connectivity index (χ4n) is 2.28. The van der Waals surface area contributed by atoms with E-state index in [1.807, 2.05) is 6.92 Å². The summed E-state index contributed by atoms with van der Waals surface area (Å²) < 4.78 is 23.8. The molecule has 0 fully saturated rings. The van der Waals surface area contributed by atoms with Crippen LogP contribution in [-0.2, 0) is 9.47 Å². The van der Waals surface area contributed by atoms with Crippen LogP contribution in [0, 0.1) is 12.7 Å². The molecule has 5 heteroatoms. The van der Waals surface area contributed by atoms with Gasteiger partial charge in [-0.3, -0.25) is 4.90 Å². The second kappa shape index (κ2) is 9.02. The molecule has 0 aromatic heterocycles. The Balaban J connectivity index is 2.94. The lowest BCUT2D eigenvalue weighted by molar-refractivity contribution is 0.0888. The maximum absolute atomic E-state index is 13.5. The number of ether oxygens (including phenoxy) is 2. The molecule has 0 aliphatic carbocycles. The minimum Gasteiger partial charge on any atom is -0.383 e. The van der Waals surface area contributed by atoms with Crippen molar-refractivity contribution in [2.24, 2.45) is 5.73 Å². The van der Waals surface area contributed by atoms with E-state index >= 15 is 0 Å². The molecule has 114 valence electrons. The third kappa shape index (κ3) is 4.83. The molecule has 0 radical (unpaired) electrons. The predicted molar refractivity (Wildman–Crippen MR) is 78.3 cm³/mol. The Kier molecular flexibility index (Phi) is 7.69. The lowest BCUT2D eigenvalue weighted by Gasteiger charge is -2.31. The van der Waals surface area contributed by atoms with Crippen LogP contribution in [0.25, 0.3) is 0 Å². The van der Waals surface area contributed by atoms with Crippen LogP contribution in [0.4, 0.5) is 4.39 Å². The fraction of sp³-hybridized carbons (Fsp3) is 0.600. The SMILES string of the molecule is COCCN(CCOC)C(CN)c1cc(F)ccc1C. The fourth-order valence-corrected chi connectivity index (χ4v) is 2.28. The molecule has 1 unspecified atom stereocenters. The number of aryl methyl sites for hydroxylation is 1. The van der Waals surface area contributed by atoms with Gasteiger partial charge in [0.05, 0.1) is 13.2 Å². The first-order chi connectivity index (χ1) is 9.63. The van der Waals surface area contributed by atoms with Gasteiger partial charge >= 0.3 is 0 Å². The van der Waals surface area contributed by atoms with Gasteiger partial charge in [0.15, 0.2) is 0 Å². The smallest absolute Gasteiger partial charge is 0.123 e. The van der Waals surface area contributed by atoms with Crippen molar-refractivity contribution >= 4 is 0 Å². The van der Waals surface area contributed by atoms with Crippen LogP contribution in [0.3, 0.4) is 0 Å². The summed E-state index contributed by atoms with van der Waals surface area (Å²) in [6, 6.07) is 4.80. The summed E-state index contributed by atoms with van der Waals surface area (Å²) in [5.41, 5.74) is 7.90. The molecule has 4 nitrogen and oxygen atoms in total.